The second-order valence-electron chi connectivity index (χ2n) is 7.87. The molecule has 1 saturated heterocycles. The Morgan fingerprint density at radius 1 is 1.09 bits per heavy atom. The average molecular weight is 472 g/mol. The molecule has 3 heterocycles. The van der Waals surface area contributed by atoms with E-state index < -0.39 is 17.7 Å². The Morgan fingerprint density at radius 3 is 2.53 bits per heavy atom. The summed E-state index contributed by atoms with van der Waals surface area (Å²) < 4.78 is 6.46. The predicted octanol–water partition coefficient (Wildman–Crippen LogP) is 5.02. The number of ketones is 1. The van der Waals surface area contributed by atoms with Gasteiger partial charge in [0.15, 0.2) is 5.13 Å². The third-order valence-corrected chi connectivity index (χ3v) is 6.66. The molecule has 4 aromatic rings. The number of aromatic nitrogens is 2. The van der Waals surface area contributed by atoms with Gasteiger partial charge in [-0.3, -0.25) is 19.5 Å². The predicted molar refractivity (Wildman–Crippen MR) is 131 cm³/mol. The lowest BCUT2D eigenvalue weighted by atomic mass is 9.95. The summed E-state index contributed by atoms with van der Waals surface area (Å²) >= 11 is 1.34. The van der Waals surface area contributed by atoms with Crippen LogP contribution in [0.3, 0.4) is 0 Å². The lowest BCUT2D eigenvalue weighted by Gasteiger charge is -2.23. The molecular weight excluding hydrogens is 450 g/mol. The maximum atomic E-state index is 13.3. The summed E-state index contributed by atoms with van der Waals surface area (Å²) in [4.78, 5) is 36.6. The van der Waals surface area contributed by atoms with Crippen LogP contribution in [0.5, 0.6) is 5.75 Å². The van der Waals surface area contributed by atoms with Gasteiger partial charge in [0, 0.05) is 18.0 Å². The number of fused-ring (bicyclic) bond motifs is 1. The molecule has 7 nitrogen and oxygen atoms in total. The number of thiazole rings is 1. The van der Waals surface area contributed by atoms with Crippen molar-refractivity contribution in [2.45, 2.75) is 19.9 Å². The van der Waals surface area contributed by atoms with Crippen molar-refractivity contribution in [3.05, 3.63) is 89.3 Å². The molecule has 0 aliphatic carbocycles. The Kier molecular flexibility index (Phi) is 5.59. The van der Waals surface area contributed by atoms with Gasteiger partial charge in [0.25, 0.3) is 5.78 Å². The molecule has 1 fully saturated rings. The first-order chi connectivity index (χ1) is 16.5. The zero-order valence-electron chi connectivity index (χ0n) is 18.6. The number of carbonyl (C=O) groups excluding carboxylic acids is 2. The van der Waals surface area contributed by atoms with E-state index in [2.05, 4.69) is 9.97 Å². The molecule has 0 bridgehead atoms. The molecule has 5 rings (SSSR count). The largest absolute Gasteiger partial charge is 0.507 e. The fourth-order valence-electron chi connectivity index (χ4n) is 4.05. The number of carbonyl (C=O) groups is 2. The minimum atomic E-state index is -0.842. The van der Waals surface area contributed by atoms with Crippen LogP contribution < -0.4 is 9.64 Å². The van der Waals surface area contributed by atoms with E-state index in [1.165, 1.54) is 28.6 Å². The third kappa shape index (κ3) is 3.72. The van der Waals surface area contributed by atoms with Crippen molar-refractivity contribution in [1.82, 2.24) is 9.97 Å². The number of nitrogens with zero attached hydrogens (tertiary/aromatic N) is 3. The molecular formula is C26H21N3O4S. The van der Waals surface area contributed by atoms with E-state index >= 15 is 0 Å². The summed E-state index contributed by atoms with van der Waals surface area (Å²) in [5.41, 5.74) is 2.89. The topological polar surface area (TPSA) is 92.6 Å². The third-order valence-electron chi connectivity index (χ3n) is 5.64. The smallest absolute Gasteiger partial charge is 0.301 e. The lowest BCUT2D eigenvalue weighted by molar-refractivity contribution is -0.132. The van der Waals surface area contributed by atoms with Gasteiger partial charge in [0.05, 0.1) is 28.4 Å². The maximum absolute atomic E-state index is 13.3. The van der Waals surface area contributed by atoms with Gasteiger partial charge < -0.3 is 9.84 Å². The van der Waals surface area contributed by atoms with Crippen molar-refractivity contribution in [3.63, 3.8) is 0 Å². The lowest BCUT2D eigenvalue weighted by Crippen LogP contribution is -2.29. The quantitative estimate of drug-likeness (QED) is 0.249. The number of hydrogen-bond donors (Lipinski definition) is 1. The Balaban J connectivity index is 1.70. The van der Waals surface area contributed by atoms with Crippen molar-refractivity contribution in [3.8, 4) is 5.75 Å². The van der Waals surface area contributed by atoms with E-state index in [1.807, 2.05) is 32.0 Å². The minimum absolute atomic E-state index is 0.01000. The number of rotatable bonds is 5. The van der Waals surface area contributed by atoms with Crippen LogP contribution in [0.1, 0.15) is 29.7 Å². The zero-order valence-corrected chi connectivity index (χ0v) is 19.4. The Labute approximate surface area is 200 Å². The average Bonchev–Trinajstić information content (AvgIpc) is 3.37. The van der Waals surface area contributed by atoms with Crippen molar-refractivity contribution in [1.29, 1.82) is 0 Å². The Bertz CT molecular complexity index is 1430. The van der Waals surface area contributed by atoms with E-state index in [1.54, 1.807) is 36.4 Å². The fraction of sp³-hybridized carbons (Fsp3) is 0.154. The summed E-state index contributed by atoms with van der Waals surface area (Å²) in [5.74, 6) is -1.07. The monoisotopic (exact) mass is 471 g/mol. The molecule has 0 radical (unpaired) electrons. The Morgan fingerprint density at radius 2 is 1.82 bits per heavy atom. The summed E-state index contributed by atoms with van der Waals surface area (Å²) in [6, 6.07) is 15.4. The van der Waals surface area contributed by atoms with Crippen LogP contribution in [-0.4, -0.2) is 33.4 Å². The number of aryl methyl sites for hydroxylation is 1. The SMILES string of the molecule is CCOc1ccc(C2/C(=C(\O)c3ccncc3)C(=O)C(=O)N2c2nc3ccc(C)cc3s2)cc1. The molecule has 1 aliphatic rings. The molecule has 170 valence electrons. The number of Topliss-reactive ketones (excluding diaryl/α,β-unsaturated/α-hetero) is 1. The van der Waals surface area contributed by atoms with Crippen LogP contribution in [0.2, 0.25) is 0 Å². The number of ether oxygens (including phenoxy) is 1. The van der Waals surface area contributed by atoms with E-state index in [9.17, 15) is 14.7 Å². The van der Waals surface area contributed by atoms with E-state index in [4.69, 9.17) is 4.74 Å². The first kappa shape index (κ1) is 21.8. The molecule has 1 aliphatic heterocycles. The van der Waals surface area contributed by atoms with Crippen LogP contribution in [0.4, 0.5) is 5.13 Å². The molecule has 1 amide bonds. The van der Waals surface area contributed by atoms with Gasteiger partial charge in [-0.05, 0) is 61.4 Å². The highest BCUT2D eigenvalue weighted by Crippen LogP contribution is 2.44. The molecule has 0 saturated carbocycles. The van der Waals surface area contributed by atoms with Gasteiger partial charge >= 0.3 is 5.91 Å². The first-order valence-corrected chi connectivity index (χ1v) is 11.6. The highest BCUT2D eigenvalue weighted by molar-refractivity contribution is 7.22. The first-order valence-electron chi connectivity index (χ1n) is 10.8. The van der Waals surface area contributed by atoms with Crippen molar-refractivity contribution in [2.75, 3.05) is 11.5 Å². The van der Waals surface area contributed by atoms with Gasteiger partial charge in [0.1, 0.15) is 11.5 Å². The van der Waals surface area contributed by atoms with Crippen molar-refractivity contribution >= 4 is 44.1 Å². The van der Waals surface area contributed by atoms with Gasteiger partial charge in [0.2, 0.25) is 0 Å². The van der Waals surface area contributed by atoms with E-state index in [0.29, 0.717) is 28.6 Å². The fourth-order valence-corrected chi connectivity index (χ4v) is 5.14. The van der Waals surface area contributed by atoms with Crippen LogP contribution in [0, 0.1) is 6.92 Å². The molecule has 1 N–H and O–H groups in total. The van der Waals surface area contributed by atoms with Crippen molar-refractivity contribution in [2.24, 2.45) is 0 Å². The van der Waals surface area contributed by atoms with E-state index in [0.717, 1.165) is 15.8 Å². The summed E-state index contributed by atoms with van der Waals surface area (Å²) in [6.45, 7) is 4.40. The van der Waals surface area contributed by atoms with Gasteiger partial charge in [-0.2, -0.15) is 0 Å². The number of anilines is 1. The second-order valence-corrected chi connectivity index (χ2v) is 8.88. The Hall–Kier alpha value is -4.04. The summed E-state index contributed by atoms with van der Waals surface area (Å²) in [5, 5.41) is 11.5. The minimum Gasteiger partial charge on any atom is -0.507 e. The number of amides is 1. The number of benzene rings is 2. The zero-order chi connectivity index (χ0) is 23.8. The molecule has 1 unspecified atom stereocenters. The number of hydrogen-bond acceptors (Lipinski definition) is 7. The van der Waals surface area contributed by atoms with E-state index in [-0.39, 0.29) is 11.3 Å². The molecule has 2 aromatic heterocycles. The highest BCUT2D eigenvalue weighted by Gasteiger charge is 2.48. The van der Waals surface area contributed by atoms with Crippen LogP contribution in [0.25, 0.3) is 16.0 Å². The number of aliphatic hydroxyl groups is 1. The standard InChI is InChI=1S/C26H21N3O4S/c1-3-33-18-7-5-16(6-8-18)22-21(23(30)17-10-12-27-13-11-17)24(31)25(32)29(22)26-28-19-9-4-15(2)14-20(19)34-26/h4-14,22,30H,3H2,1-2H3/b23-21+. The molecule has 0 spiro atoms. The summed E-state index contributed by atoms with van der Waals surface area (Å²) in [6.07, 6.45) is 3.04. The van der Waals surface area contributed by atoms with Gasteiger partial charge in [-0.1, -0.05) is 29.5 Å². The maximum Gasteiger partial charge on any atom is 0.301 e. The number of aliphatic hydroxyl groups excluding tert-OH is 1. The molecule has 34 heavy (non-hydrogen) atoms. The molecule has 2 aromatic carbocycles. The highest BCUT2D eigenvalue weighted by atomic mass is 32.1. The van der Waals surface area contributed by atoms with Gasteiger partial charge in [-0.25, -0.2) is 4.98 Å². The van der Waals surface area contributed by atoms with Crippen LogP contribution >= 0.6 is 11.3 Å². The second kappa shape index (κ2) is 8.72. The number of pyridine rings is 1. The summed E-state index contributed by atoms with van der Waals surface area (Å²) in [7, 11) is 0. The van der Waals surface area contributed by atoms with Crippen molar-refractivity contribution < 1.29 is 19.4 Å². The van der Waals surface area contributed by atoms with Crippen LogP contribution in [-0.2, 0) is 9.59 Å². The van der Waals surface area contributed by atoms with Gasteiger partial charge in [-0.15, -0.1) is 0 Å². The normalized spacial score (nSPS) is 17.5. The molecule has 8 heteroatoms. The molecule has 1 atom stereocenters. The van der Waals surface area contributed by atoms with Crippen LogP contribution in [0.15, 0.2) is 72.6 Å².